The van der Waals surface area contributed by atoms with Crippen molar-refractivity contribution in [2.75, 3.05) is 5.73 Å². The summed E-state index contributed by atoms with van der Waals surface area (Å²) in [5, 5.41) is 5.30. The normalized spacial score (nSPS) is 14.2. The van der Waals surface area contributed by atoms with E-state index in [-0.39, 0.29) is 11.4 Å². The first kappa shape index (κ1) is 10.1. The van der Waals surface area contributed by atoms with Gasteiger partial charge in [-0.25, -0.2) is 4.98 Å². The first-order valence-corrected chi connectivity index (χ1v) is 3.76. The van der Waals surface area contributed by atoms with E-state index < -0.39 is 11.5 Å². The van der Waals surface area contributed by atoms with E-state index in [1.807, 2.05) is 0 Å². The number of aromatic nitrogens is 1. The van der Waals surface area contributed by atoms with Gasteiger partial charge in [0.15, 0.2) is 6.10 Å². The minimum absolute atomic E-state index is 0.157. The fourth-order valence-electron chi connectivity index (χ4n) is 0.837. The van der Waals surface area contributed by atoms with Crippen molar-refractivity contribution in [2.24, 2.45) is 0 Å². The Morgan fingerprint density at radius 2 is 2.23 bits per heavy atom. The number of aliphatic hydroxyl groups excluding tert-OH is 1. The number of anilines is 1. The second-order valence-electron chi connectivity index (χ2n) is 2.42. The molecule has 0 aliphatic heterocycles. The van der Waals surface area contributed by atoms with Crippen LogP contribution in [0, 0.1) is 0 Å². The van der Waals surface area contributed by atoms with Crippen LogP contribution in [0.4, 0.5) is 14.6 Å². The van der Waals surface area contributed by atoms with Crippen LogP contribution in [0.2, 0.25) is 0 Å². The van der Waals surface area contributed by atoms with Gasteiger partial charge < -0.3 is 10.8 Å². The summed E-state index contributed by atoms with van der Waals surface area (Å²) in [6, 6.07) is 2.63. The van der Waals surface area contributed by atoms with Crippen LogP contribution in [-0.4, -0.2) is 15.5 Å². The fraction of sp³-hybridized carbons (Fsp3) is 0.286. The number of aliphatic hydroxyl groups is 1. The molecular formula is C7H7ClF2N2O. The molecule has 0 saturated heterocycles. The lowest BCUT2D eigenvalue weighted by Crippen LogP contribution is -2.20. The molecule has 0 radical (unpaired) electrons. The number of nitrogens with two attached hydrogens (primary N) is 1. The third-order valence-electron chi connectivity index (χ3n) is 1.48. The summed E-state index contributed by atoms with van der Waals surface area (Å²) in [5.41, 5.74) is 5.08. The molecule has 72 valence electrons. The molecule has 0 aliphatic carbocycles. The Labute approximate surface area is 78.1 Å². The molecule has 0 saturated carbocycles. The summed E-state index contributed by atoms with van der Waals surface area (Å²) in [4.78, 5) is 3.54. The van der Waals surface area contributed by atoms with E-state index in [4.69, 9.17) is 10.8 Å². The number of rotatable bonds is 2. The Morgan fingerprint density at radius 1 is 1.62 bits per heavy atom. The number of nitrogen functional groups attached to an aromatic ring is 1. The molecule has 1 heterocycles. The van der Waals surface area contributed by atoms with Crippen LogP contribution in [0.3, 0.4) is 0 Å². The van der Waals surface area contributed by atoms with Crippen LogP contribution in [0.15, 0.2) is 18.3 Å². The van der Waals surface area contributed by atoms with Gasteiger partial charge in [-0.2, -0.15) is 8.78 Å². The summed E-state index contributed by atoms with van der Waals surface area (Å²) in [5.74, 6) is -0.157. The minimum atomic E-state index is -3.74. The number of hydrogen-bond acceptors (Lipinski definition) is 3. The highest BCUT2D eigenvalue weighted by Crippen LogP contribution is 2.36. The van der Waals surface area contributed by atoms with Crippen LogP contribution < -0.4 is 5.73 Å². The number of nitrogens with zero attached hydrogens (tertiary/aromatic N) is 1. The maximum atomic E-state index is 12.4. The van der Waals surface area contributed by atoms with Crippen molar-refractivity contribution in [3.8, 4) is 0 Å². The van der Waals surface area contributed by atoms with E-state index >= 15 is 0 Å². The molecule has 1 aromatic heterocycles. The Kier molecular flexibility index (Phi) is 2.68. The first-order valence-electron chi connectivity index (χ1n) is 3.38. The monoisotopic (exact) mass is 208 g/mol. The standard InChI is InChI=1S/C7H7ClF2N2O/c8-7(9,10)5(13)4-2-1-3-12-6(4)11/h1-3,5,13H,(H2,11,12). The maximum Gasteiger partial charge on any atom is 0.351 e. The largest absolute Gasteiger partial charge is 0.383 e. The number of halogens is 3. The maximum absolute atomic E-state index is 12.4. The molecule has 3 N–H and O–H groups in total. The van der Waals surface area contributed by atoms with Crippen LogP contribution in [0.1, 0.15) is 11.7 Å². The van der Waals surface area contributed by atoms with E-state index in [2.05, 4.69) is 16.6 Å². The average molecular weight is 209 g/mol. The highest BCUT2D eigenvalue weighted by atomic mass is 35.5. The molecule has 13 heavy (non-hydrogen) atoms. The highest BCUT2D eigenvalue weighted by Gasteiger charge is 2.38. The van der Waals surface area contributed by atoms with Crippen molar-refractivity contribution in [3.05, 3.63) is 23.9 Å². The molecule has 0 amide bonds. The van der Waals surface area contributed by atoms with Gasteiger partial charge in [0.2, 0.25) is 0 Å². The zero-order valence-electron chi connectivity index (χ0n) is 6.42. The van der Waals surface area contributed by atoms with Crippen LogP contribution in [-0.2, 0) is 0 Å². The predicted octanol–water partition coefficient (Wildman–Crippen LogP) is 1.53. The molecule has 0 fully saturated rings. The third kappa shape index (κ3) is 2.26. The van der Waals surface area contributed by atoms with E-state index in [1.54, 1.807) is 0 Å². The van der Waals surface area contributed by atoms with Crippen LogP contribution >= 0.6 is 11.6 Å². The van der Waals surface area contributed by atoms with Crippen molar-refractivity contribution >= 4 is 17.4 Å². The number of alkyl halides is 3. The molecule has 1 atom stereocenters. The predicted molar refractivity (Wildman–Crippen MR) is 44.4 cm³/mol. The molecular weight excluding hydrogens is 202 g/mol. The number of hydrogen-bond donors (Lipinski definition) is 2. The lowest BCUT2D eigenvalue weighted by Gasteiger charge is -2.16. The van der Waals surface area contributed by atoms with Crippen molar-refractivity contribution in [3.63, 3.8) is 0 Å². The van der Waals surface area contributed by atoms with Crippen molar-refractivity contribution in [2.45, 2.75) is 11.5 Å². The third-order valence-corrected chi connectivity index (χ3v) is 1.68. The zero-order valence-corrected chi connectivity index (χ0v) is 7.17. The van der Waals surface area contributed by atoms with Gasteiger partial charge in [-0.1, -0.05) is 6.07 Å². The molecule has 1 rings (SSSR count). The van der Waals surface area contributed by atoms with Crippen molar-refractivity contribution in [1.82, 2.24) is 4.98 Å². The molecule has 0 aromatic carbocycles. The quantitative estimate of drug-likeness (QED) is 0.725. The molecule has 0 bridgehead atoms. The molecule has 0 aliphatic rings. The van der Waals surface area contributed by atoms with E-state index in [0.29, 0.717) is 0 Å². The topological polar surface area (TPSA) is 59.1 Å². The first-order chi connectivity index (χ1) is 5.93. The van der Waals surface area contributed by atoms with Gasteiger partial charge in [0, 0.05) is 11.8 Å². The second-order valence-corrected chi connectivity index (χ2v) is 2.93. The minimum Gasteiger partial charge on any atom is -0.383 e. The summed E-state index contributed by atoms with van der Waals surface area (Å²) in [6.45, 7) is 0. The molecule has 1 unspecified atom stereocenters. The Hall–Kier alpha value is -0.940. The van der Waals surface area contributed by atoms with Gasteiger partial charge in [0.05, 0.1) is 0 Å². The smallest absolute Gasteiger partial charge is 0.351 e. The van der Waals surface area contributed by atoms with Crippen LogP contribution in [0.25, 0.3) is 0 Å². The molecule has 6 heteroatoms. The second kappa shape index (κ2) is 3.43. The summed E-state index contributed by atoms with van der Waals surface area (Å²) in [6.07, 6.45) is -0.805. The fourth-order valence-corrected chi connectivity index (χ4v) is 0.955. The van der Waals surface area contributed by atoms with Crippen molar-refractivity contribution < 1.29 is 13.9 Å². The highest BCUT2D eigenvalue weighted by molar-refractivity contribution is 6.22. The molecule has 0 spiro atoms. The van der Waals surface area contributed by atoms with Gasteiger partial charge in [-0.15, -0.1) is 0 Å². The van der Waals surface area contributed by atoms with E-state index in [1.165, 1.54) is 18.3 Å². The van der Waals surface area contributed by atoms with Gasteiger partial charge in [-0.05, 0) is 17.7 Å². The van der Waals surface area contributed by atoms with E-state index in [0.717, 1.165) is 0 Å². The Bertz CT molecular complexity index is 303. The summed E-state index contributed by atoms with van der Waals surface area (Å²) >= 11 is 4.62. The van der Waals surface area contributed by atoms with E-state index in [9.17, 15) is 8.78 Å². The van der Waals surface area contributed by atoms with Crippen molar-refractivity contribution in [1.29, 1.82) is 0 Å². The van der Waals surface area contributed by atoms with Gasteiger partial charge >= 0.3 is 5.38 Å². The van der Waals surface area contributed by atoms with Gasteiger partial charge in [0.25, 0.3) is 0 Å². The van der Waals surface area contributed by atoms with Crippen LogP contribution in [0.5, 0.6) is 0 Å². The zero-order chi connectivity index (χ0) is 10.1. The average Bonchev–Trinajstić information content (AvgIpc) is 2.02. The molecule has 3 nitrogen and oxygen atoms in total. The van der Waals surface area contributed by atoms with Gasteiger partial charge in [-0.3, -0.25) is 0 Å². The van der Waals surface area contributed by atoms with Gasteiger partial charge in [0.1, 0.15) is 5.82 Å². The summed E-state index contributed by atoms with van der Waals surface area (Å²) in [7, 11) is 0. The lowest BCUT2D eigenvalue weighted by molar-refractivity contribution is -0.0422. The Balaban J connectivity index is 3.02. The molecule has 1 aromatic rings. The lowest BCUT2D eigenvalue weighted by atomic mass is 10.1. The summed E-state index contributed by atoms with van der Waals surface area (Å²) < 4.78 is 24.8. The Morgan fingerprint density at radius 3 is 2.69 bits per heavy atom. The SMILES string of the molecule is Nc1ncccc1C(O)C(F)(F)Cl. The number of pyridine rings is 1.